The molecule has 0 radical (unpaired) electrons. The van der Waals surface area contributed by atoms with E-state index < -0.39 is 14.9 Å². The largest absolute Gasteiger partial charge is 0.501 e. The Morgan fingerprint density at radius 1 is 1.03 bits per heavy atom. The van der Waals surface area contributed by atoms with E-state index in [1.165, 1.54) is 36.0 Å². The van der Waals surface area contributed by atoms with Gasteiger partial charge in [-0.25, -0.2) is 0 Å². The molecule has 0 aromatic rings. The molecule has 1 N–H and O–H groups in total. The van der Waals surface area contributed by atoms with Crippen LogP contribution in [-0.4, -0.2) is 53.0 Å². The molecule has 1 rings (SSSR count). The maximum atomic E-state index is 10.4. The summed E-state index contributed by atoms with van der Waals surface area (Å²) in [6, 6.07) is 0.582. The fourth-order valence-corrected chi connectivity index (χ4v) is 7.21. The van der Waals surface area contributed by atoms with E-state index in [0.717, 1.165) is 5.57 Å². The molecule has 1 aliphatic carbocycles. The van der Waals surface area contributed by atoms with Crippen LogP contribution in [0.4, 0.5) is 0 Å². The zero-order valence-electron chi connectivity index (χ0n) is 24.2. The molecular formula is C30H52O5Si. The van der Waals surface area contributed by atoms with Gasteiger partial charge in [0.2, 0.25) is 0 Å². The van der Waals surface area contributed by atoms with E-state index in [0.29, 0.717) is 38.9 Å². The van der Waals surface area contributed by atoms with E-state index in [-0.39, 0.29) is 12.0 Å². The molecule has 0 spiro atoms. The van der Waals surface area contributed by atoms with Crippen molar-refractivity contribution in [3.63, 3.8) is 0 Å². The number of aliphatic hydroxyl groups is 1. The SMILES string of the molecule is CCO[Si](CCC(O)COCC=C(C)C=CC=C(C)C=CC1=C(C)CCCC1(C)C)(OCC)OCC. The van der Waals surface area contributed by atoms with E-state index in [4.69, 9.17) is 18.0 Å². The van der Waals surface area contributed by atoms with Crippen LogP contribution in [0, 0.1) is 5.41 Å². The lowest BCUT2D eigenvalue weighted by Gasteiger charge is -2.32. The van der Waals surface area contributed by atoms with E-state index in [9.17, 15) is 5.11 Å². The summed E-state index contributed by atoms with van der Waals surface area (Å²) in [6.07, 6.45) is 16.6. The van der Waals surface area contributed by atoms with Gasteiger partial charge in [0.05, 0.1) is 19.3 Å². The molecular weight excluding hydrogens is 468 g/mol. The Hall–Kier alpha value is -1.28. The molecule has 0 aromatic carbocycles. The fraction of sp³-hybridized carbons (Fsp3) is 0.667. The molecule has 36 heavy (non-hydrogen) atoms. The van der Waals surface area contributed by atoms with Gasteiger partial charge in [-0.2, -0.15) is 0 Å². The van der Waals surface area contributed by atoms with Crippen molar-refractivity contribution in [3.8, 4) is 0 Å². The monoisotopic (exact) mass is 520 g/mol. The van der Waals surface area contributed by atoms with Crippen molar-refractivity contribution < 1.29 is 23.1 Å². The normalized spacial score (nSPS) is 18.6. The molecule has 0 saturated heterocycles. The first-order valence-corrected chi connectivity index (χ1v) is 15.6. The third-order valence-corrected chi connectivity index (χ3v) is 9.57. The maximum Gasteiger partial charge on any atom is 0.501 e. The Morgan fingerprint density at radius 3 is 2.25 bits per heavy atom. The lowest BCUT2D eigenvalue weighted by atomic mass is 9.72. The molecule has 0 aromatic heterocycles. The van der Waals surface area contributed by atoms with Crippen molar-refractivity contribution in [2.75, 3.05) is 33.0 Å². The molecule has 0 heterocycles. The minimum absolute atomic E-state index is 0.267. The van der Waals surface area contributed by atoms with Gasteiger partial charge >= 0.3 is 8.80 Å². The van der Waals surface area contributed by atoms with Crippen molar-refractivity contribution in [1.82, 2.24) is 0 Å². The summed E-state index contributed by atoms with van der Waals surface area (Å²) in [7, 11) is -2.72. The first-order chi connectivity index (χ1) is 17.1. The number of rotatable bonds is 17. The van der Waals surface area contributed by atoms with Crippen LogP contribution < -0.4 is 0 Å². The molecule has 1 atom stereocenters. The fourth-order valence-electron chi connectivity index (χ4n) is 4.52. The number of allylic oxidation sites excluding steroid dienone is 9. The average Bonchev–Trinajstić information content (AvgIpc) is 2.80. The summed E-state index contributed by atoms with van der Waals surface area (Å²) >= 11 is 0. The van der Waals surface area contributed by atoms with Crippen LogP contribution in [-0.2, 0) is 18.0 Å². The zero-order valence-corrected chi connectivity index (χ0v) is 25.2. The molecule has 206 valence electrons. The highest BCUT2D eigenvalue weighted by Crippen LogP contribution is 2.40. The molecule has 6 heteroatoms. The lowest BCUT2D eigenvalue weighted by molar-refractivity contribution is 0.0357. The van der Waals surface area contributed by atoms with Crippen molar-refractivity contribution in [3.05, 3.63) is 58.7 Å². The van der Waals surface area contributed by atoms with Gasteiger partial charge in [0.25, 0.3) is 0 Å². The third-order valence-electron chi connectivity index (χ3n) is 6.48. The van der Waals surface area contributed by atoms with Crippen LogP contribution in [0.25, 0.3) is 0 Å². The van der Waals surface area contributed by atoms with Gasteiger partial charge in [-0.3, -0.25) is 0 Å². The molecule has 0 bridgehead atoms. The summed E-state index contributed by atoms with van der Waals surface area (Å²) in [5, 5.41) is 10.4. The molecule has 1 aliphatic rings. The van der Waals surface area contributed by atoms with Crippen LogP contribution in [0.3, 0.4) is 0 Å². The van der Waals surface area contributed by atoms with Gasteiger partial charge in [-0.1, -0.05) is 67.0 Å². The van der Waals surface area contributed by atoms with Gasteiger partial charge in [0.1, 0.15) is 0 Å². The maximum absolute atomic E-state index is 10.4. The average molecular weight is 521 g/mol. The molecule has 0 saturated carbocycles. The zero-order chi connectivity index (χ0) is 27.0. The van der Waals surface area contributed by atoms with Crippen LogP contribution in [0.1, 0.15) is 81.1 Å². The van der Waals surface area contributed by atoms with Crippen LogP contribution in [0.5, 0.6) is 0 Å². The Kier molecular flexibility index (Phi) is 15.7. The second-order valence-electron chi connectivity index (χ2n) is 10.2. The van der Waals surface area contributed by atoms with Crippen LogP contribution in [0.15, 0.2) is 58.7 Å². The molecule has 0 fully saturated rings. The molecule has 1 unspecified atom stereocenters. The van der Waals surface area contributed by atoms with Crippen molar-refractivity contribution in [1.29, 1.82) is 0 Å². The number of hydrogen-bond donors (Lipinski definition) is 1. The Bertz CT molecular complexity index is 774. The summed E-state index contributed by atoms with van der Waals surface area (Å²) < 4.78 is 23.2. The van der Waals surface area contributed by atoms with Crippen molar-refractivity contribution in [2.24, 2.45) is 5.41 Å². The summed E-state index contributed by atoms with van der Waals surface area (Å²) in [6.45, 7) is 19.3. The highest BCUT2D eigenvalue weighted by molar-refractivity contribution is 6.60. The molecule has 0 amide bonds. The first kappa shape index (κ1) is 32.7. The Morgan fingerprint density at radius 2 is 1.67 bits per heavy atom. The third kappa shape index (κ3) is 12.3. The number of ether oxygens (including phenoxy) is 1. The van der Waals surface area contributed by atoms with Crippen molar-refractivity contribution >= 4 is 8.80 Å². The lowest BCUT2D eigenvalue weighted by Crippen LogP contribution is -2.46. The first-order valence-electron chi connectivity index (χ1n) is 13.7. The van der Waals surface area contributed by atoms with Crippen LogP contribution >= 0.6 is 0 Å². The summed E-state index contributed by atoms with van der Waals surface area (Å²) in [5.41, 5.74) is 5.63. The Labute approximate surface area is 222 Å². The number of aliphatic hydroxyl groups excluding tert-OH is 1. The minimum atomic E-state index is -2.72. The summed E-state index contributed by atoms with van der Waals surface area (Å²) in [5.74, 6) is 0. The summed E-state index contributed by atoms with van der Waals surface area (Å²) in [4.78, 5) is 0. The van der Waals surface area contributed by atoms with Gasteiger partial charge in [0.15, 0.2) is 0 Å². The Balaban J connectivity index is 2.48. The van der Waals surface area contributed by atoms with Gasteiger partial charge in [-0.15, -0.1) is 0 Å². The predicted octanol–water partition coefficient (Wildman–Crippen LogP) is 7.33. The van der Waals surface area contributed by atoms with Crippen LogP contribution in [0.2, 0.25) is 6.04 Å². The van der Waals surface area contributed by atoms with Gasteiger partial charge in [-0.05, 0) is 78.2 Å². The van der Waals surface area contributed by atoms with E-state index in [1.54, 1.807) is 0 Å². The van der Waals surface area contributed by atoms with E-state index in [2.05, 4.69) is 65.0 Å². The van der Waals surface area contributed by atoms with Crippen molar-refractivity contribution in [2.45, 2.75) is 93.2 Å². The smallest absolute Gasteiger partial charge is 0.391 e. The number of hydrogen-bond acceptors (Lipinski definition) is 5. The highest BCUT2D eigenvalue weighted by atomic mass is 28.4. The molecule has 5 nitrogen and oxygen atoms in total. The highest BCUT2D eigenvalue weighted by Gasteiger charge is 2.40. The van der Waals surface area contributed by atoms with E-state index in [1.807, 2.05) is 26.8 Å². The predicted molar refractivity (Wildman–Crippen MR) is 153 cm³/mol. The second kappa shape index (κ2) is 17.3. The standard InChI is InChI=1S/C30H52O5Si/c1-9-33-36(34-10-2,35-11-3)23-20-28(31)24-32-22-19-26(5)15-12-14-25(4)17-18-29-27(6)16-13-21-30(29,7)8/h12,14-15,17-19,28,31H,9-11,13,16,20-24H2,1-8H3. The quantitative estimate of drug-likeness (QED) is 0.124. The van der Waals surface area contributed by atoms with E-state index >= 15 is 0 Å². The second-order valence-corrected chi connectivity index (χ2v) is 12.9. The topological polar surface area (TPSA) is 57.2 Å². The van der Waals surface area contributed by atoms with Gasteiger partial charge in [0, 0.05) is 25.9 Å². The van der Waals surface area contributed by atoms with Gasteiger partial charge < -0.3 is 23.1 Å². The molecule has 0 aliphatic heterocycles. The minimum Gasteiger partial charge on any atom is -0.391 e.